The Morgan fingerprint density at radius 3 is 3.18 bits per heavy atom. The number of hydrogen-bond donors (Lipinski definition) is 1. The van der Waals surface area contributed by atoms with Crippen molar-refractivity contribution < 1.29 is 0 Å². The van der Waals surface area contributed by atoms with E-state index in [9.17, 15) is 0 Å². The van der Waals surface area contributed by atoms with Gasteiger partial charge in [-0.05, 0) is 31.0 Å². The van der Waals surface area contributed by atoms with Gasteiger partial charge in [0.25, 0.3) is 0 Å². The van der Waals surface area contributed by atoms with Crippen molar-refractivity contribution in [3.05, 3.63) is 30.1 Å². The molecule has 2 nitrogen and oxygen atoms in total. The topological polar surface area (TPSA) is 24.9 Å². The van der Waals surface area contributed by atoms with Crippen LogP contribution in [0.2, 0.25) is 0 Å². The largest absolute Gasteiger partial charge is 0.310 e. The molecule has 1 N–H and O–H groups in total. The van der Waals surface area contributed by atoms with Crippen LogP contribution >= 0.6 is 0 Å². The van der Waals surface area contributed by atoms with Gasteiger partial charge in [-0.15, -0.1) is 0 Å². The van der Waals surface area contributed by atoms with Crippen molar-refractivity contribution in [2.24, 2.45) is 0 Å². The van der Waals surface area contributed by atoms with E-state index in [2.05, 4.69) is 16.4 Å². The minimum Gasteiger partial charge on any atom is -0.310 e. The normalized spacial score (nSPS) is 23.8. The van der Waals surface area contributed by atoms with Gasteiger partial charge in [0.2, 0.25) is 0 Å². The van der Waals surface area contributed by atoms with E-state index in [1.54, 1.807) is 0 Å². The zero-order chi connectivity index (χ0) is 7.52. The molecule has 2 heterocycles. The van der Waals surface area contributed by atoms with Gasteiger partial charge in [-0.25, -0.2) is 0 Å². The lowest BCUT2D eigenvalue weighted by Crippen LogP contribution is -2.12. The van der Waals surface area contributed by atoms with Crippen LogP contribution in [-0.4, -0.2) is 11.5 Å². The summed E-state index contributed by atoms with van der Waals surface area (Å²) in [6.07, 6.45) is 6.31. The Morgan fingerprint density at radius 1 is 1.55 bits per heavy atom. The molecule has 1 aliphatic heterocycles. The molecule has 0 bridgehead atoms. The third-order valence-electron chi connectivity index (χ3n) is 2.15. The molecule has 0 saturated carbocycles. The summed E-state index contributed by atoms with van der Waals surface area (Å²) in [6.45, 7) is 1.15. The highest BCUT2D eigenvalue weighted by Crippen LogP contribution is 2.21. The highest BCUT2D eigenvalue weighted by molar-refractivity contribution is 5.14. The Bertz CT molecular complexity index is 214. The maximum absolute atomic E-state index is 4.09. The fourth-order valence-electron chi connectivity index (χ4n) is 1.55. The van der Waals surface area contributed by atoms with Crippen LogP contribution < -0.4 is 5.32 Å². The molecule has 1 aromatic heterocycles. The molecule has 1 saturated heterocycles. The van der Waals surface area contributed by atoms with Crippen LogP contribution in [0.1, 0.15) is 24.4 Å². The van der Waals surface area contributed by atoms with Gasteiger partial charge in [0.15, 0.2) is 0 Å². The number of pyridine rings is 1. The number of hydrogen-bond acceptors (Lipinski definition) is 2. The maximum atomic E-state index is 4.09. The number of nitrogens with zero attached hydrogens (tertiary/aromatic N) is 1. The van der Waals surface area contributed by atoms with Crippen LogP contribution in [-0.2, 0) is 0 Å². The van der Waals surface area contributed by atoms with Gasteiger partial charge in [0.05, 0.1) is 0 Å². The van der Waals surface area contributed by atoms with Crippen molar-refractivity contribution >= 4 is 0 Å². The van der Waals surface area contributed by atoms with Gasteiger partial charge in [-0.1, -0.05) is 6.07 Å². The SMILES string of the molecule is c1cncc([C@H]2CCCN2)c1. The van der Waals surface area contributed by atoms with Gasteiger partial charge in [-0.3, -0.25) is 4.98 Å². The molecule has 0 aliphatic carbocycles. The van der Waals surface area contributed by atoms with E-state index in [0.717, 1.165) is 6.54 Å². The molecule has 1 aromatic rings. The molecule has 11 heavy (non-hydrogen) atoms. The van der Waals surface area contributed by atoms with Gasteiger partial charge < -0.3 is 5.32 Å². The predicted molar refractivity (Wildman–Crippen MR) is 44.2 cm³/mol. The fraction of sp³-hybridized carbons (Fsp3) is 0.444. The average molecular weight is 148 g/mol. The van der Waals surface area contributed by atoms with Crippen LogP contribution in [0.25, 0.3) is 0 Å². The summed E-state index contributed by atoms with van der Waals surface area (Å²) < 4.78 is 0. The van der Waals surface area contributed by atoms with Crippen LogP contribution in [0.5, 0.6) is 0 Å². The molecule has 2 rings (SSSR count). The van der Waals surface area contributed by atoms with Crippen molar-refractivity contribution in [1.29, 1.82) is 0 Å². The Balaban J connectivity index is 2.16. The highest BCUT2D eigenvalue weighted by Gasteiger charge is 2.15. The Kier molecular flexibility index (Phi) is 1.86. The first-order valence-electron chi connectivity index (χ1n) is 4.10. The second kappa shape index (κ2) is 3.01. The minimum atomic E-state index is 0.559. The summed E-state index contributed by atoms with van der Waals surface area (Å²) >= 11 is 0. The zero-order valence-electron chi connectivity index (χ0n) is 6.46. The fourth-order valence-corrected chi connectivity index (χ4v) is 1.55. The summed E-state index contributed by atoms with van der Waals surface area (Å²) in [7, 11) is 0. The number of aromatic nitrogens is 1. The minimum absolute atomic E-state index is 0.559. The first-order chi connectivity index (χ1) is 5.47. The highest BCUT2D eigenvalue weighted by atomic mass is 14.9. The zero-order valence-corrected chi connectivity index (χ0v) is 6.46. The lowest BCUT2D eigenvalue weighted by Gasteiger charge is -2.08. The molecule has 0 aromatic carbocycles. The summed E-state index contributed by atoms with van der Waals surface area (Å²) in [4.78, 5) is 4.09. The van der Waals surface area contributed by atoms with Crippen LogP contribution in [0.15, 0.2) is 24.5 Å². The van der Waals surface area contributed by atoms with Crippen molar-refractivity contribution in [3.8, 4) is 0 Å². The van der Waals surface area contributed by atoms with E-state index in [0.29, 0.717) is 6.04 Å². The van der Waals surface area contributed by atoms with Crippen molar-refractivity contribution in [1.82, 2.24) is 10.3 Å². The molecule has 1 fully saturated rings. The van der Waals surface area contributed by atoms with E-state index >= 15 is 0 Å². The predicted octanol–water partition coefficient (Wildman–Crippen LogP) is 1.51. The van der Waals surface area contributed by atoms with E-state index in [1.807, 2.05) is 18.5 Å². The molecular weight excluding hydrogens is 136 g/mol. The van der Waals surface area contributed by atoms with Crippen molar-refractivity contribution in [2.75, 3.05) is 6.54 Å². The summed E-state index contributed by atoms with van der Waals surface area (Å²) in [5.74, 6) is 0. The number of nitrogens with one attached hydrogen (secondary N) is 1. The Hall–Kier alpha value is -0.890. The van der Waals surface area contributed by atoms with E-state index in [4.69, 9.17) is 0 Å². The second-order valence-electron chi connectivity index (χ2n) is 2.94. The molecule has 1 aliphatic rings. The molecule has 0 spiro atoms. The van der Waals surface area contributed by atoms with Gasteiger partial charge in [0.1, 0.15) is 0 Å². The lowest BCUT2D eigenvalue weighted by molar-refractivity contribution is 0.645. The van der Waals surface area contributed by atoms with E-state index in [1.165, 1.54) is 18.4 Å². The number of rotatable bonds is 1. The van der Waals surface area contributed by atoms with E-state index < -0.39 is 0 Å². The Morgan fingerprint density at radius 2 is 2.55 bits per heavy atom. The van der Waals surface area contributed by atoms with Crippen LogP contribution in [0.3, 0.4) is 0 Å². The van der Waals surface area contributed by atoms with Crippen molar-refractivity contribution in [3.63, 3.8) is 0 Å². The summed E-state index contributed by atoms with van der Waals surface area (Å²) in [5.41, 5.74) is 1.32. The lowest BCUT2D eigenvalue weighted by atomic mass is 10.1. The van der Waals surface area contributed by atoms with E-state index in [-0.39, 0.29) is 0 Å². The Labute approximate surface area is 66.7 Å². The molecule has 2 heteroatoms. The average Bonchev–Trinajstić information content (AvgIpc) is 2.58. The van der Waals surface area contributed by atoms with Gasteiger partial charge in [0, 0.05) is 18.4 Å². The summed E-state index contributed by atoms with van der Waals surface area (Å²) in [5, 5.41) is 3.43. The van der Waals surface area contributed by atoms with Crippen LogP contribution in [0.4, 0.5) is 0 Å². The quantitative estimate of drug-likeness (QED) is 0.653. The first kappa shape index (κ1) is 6.80. The monoisotopic (exact) mass is 148 g/mol. The standard InChI is InChI=1S/C9H12N2/c1-3-8(7-10-5-1)9-4-2-6-11-9/h1,3,5,7,9,11H,2,4,6H2/t9-/m1/s1. The molecule has 58 valence electrons. The molecular formula is C9H12N2. The van der Waals surface area contributed by atoms with Crippen molar-refractivity contribution in [2.45, 2.75) is 18.9 Å². The second-order valence-corrected chi connectivity index (χ2v) is 2.94. The van der Waals surface area contributed by atoms with Crippen LogP contribution in [0, 0.1) is 0 Å². The third-order valence-corrected chi connectivity index (χ3v) is 2.15. The molecule has 0 radical (unpaired) electrons. The molecule has 0 unspecified atom stereocenters. The third kappa shape index (κ3) is 1.40. The molecule has 0 amide bonds. The smallest absolute Gasteiger partial charge is 0.0335 e. The van der Waals surface area contributed by atoms with Gasteiger partial charge >= 0.3 is 0 Å². The van der Waals surface area contributed by atoms with Gasteiger partial charge in [-0.2, -0.15) is 0 Å². The maximum Gasteiger partial charge on any atom is 0.0335 e. The first-order valence-corrected chi connectivity index (χ1v) is 4.10. The molecule has 1 atom stereocenters. The summed E-state index contributed by atoms with van der Waals surface area (Å²) in [6, 6.07) is 4.69.